The van der Waals surface area contributed by atoms with Crippen molar-refractivity contribution in [3.8, 4) is 11.3 Å². The van der Waals surface area contributed by atoms with Crippen LogP contribution in [0.3, 0.4) is 0 Å². The van der Waals surface area contributed by atoms with E-state index in [0.29, 0.717) is 11.3 Å². The average Bonchev–Trinajstić information content (AvgIpc) is 3.23. The molecular weight excluding hydrogens is 552 g/mol. The number of carbonyl (C=O) groups excluding carboxylic acids is 2. The molecule has 5 rings (SSSR count). The molecule has 11 nitrogen and oxygen atoms in total. The van der Waals surface area contributed by atoms with Crippen molar-refractivity contribution in [1.29, 1.82) is 0 Å². The van der Waals surface area contributed by atoms with Crippen LogP contribution in [-0.2, 0) is 20.7 Å². The van der Waals surface area contributed by atoms with E-state index in [-0.39, 0.29) is 62.7 Å². The van der Waals surface area contributed by atoms with Gasteiger partial charge in [0, 0.05) is 37.9 Å². The van der Waals surface area contributed by atoms with Crippen LogP contribution in [-0.4, -0.2) is 93.4 Å². The highest BCUT2D eigenvalue weighted by Crippen LogP contribution is 2.34. The first-order valence-corrected chi connectivity index (χ1v) is 13.7. The Hall–Kier alpha value is -4.26. The monoisotopic (exact) mass is 585 g/mol. The molecule has 0 bridgehead atoms. The zero-order valence-corrected chi connectivity index (χ0v) is 23.9. The number of nitrogens with zero attached hydrogens (tertiary/aromatic N) is 5. The van der Waals surface area contributed by atoms with Crippen molar-refractivity contribution in [2.24, 2.45) is 0 Å². The third kappa shape index (κ3) is 6.01. The predicted octanol–water partition coefficient (Wildman–Crippen LogP) is 4.09. The van der Waals surface area contributed by atoms with Crippen LogP contribution < -0.4 is 4.90 Å². The van der Waals surface area contributed by atoms with E-state index in [1.807, 2.05) is 13.0 Å². The van der Waals surface area contributed by atoms with E-state index < -0.39 is 41.4 Å². The van der Waals surface area contributed by atoms with Crippen molar-refractivity contribution in [2.45, 2.75) is 45.8 Å². The lowest BCUT2D eigenvalue weighted by Gasteiger charge is -2.35. The maximum atomic E-state index is 15.8. The van der Waals surface area contributed by atoms with Gasteiger partial charge in [-0.2, -0.15) is 0 Å². The molecule has 13 heteroatoms. The first-order valence-electron chi connectivity index (χ1n) is 13.7. The van der Waals surface area contributed by atoms with E-state index in [0.717, 1.165) is 17.7 Å². The summed E-state index contributed by atoms with van der Waals surface area (Å²) in [5.74, 6) is -2.32. The first kappa shape index (κ1) is 29.2. The van der Waals surface area contributed by atoms with E-state index in [1.54, 1.807) is 37.4 Å². The summed E-state index contributed by atoms with van der Waals surface area (Å²) in [6.45, 7) is 7.47. The highest BCUT2D eigenvalue weighted by molar-refractivity contribution is 5.97. The van der Waals surface area contributed by atoms with Crippen LogP contribution in [0.1, 0.15) is 32.0 Å². The van der Waals surface area contributed by atoms with Gasteiger partial charge in [0.1, 0.15) is 29.4 Å². The molecule has 0 spiro atoms. The molecule has 3 amide bonds. The fourth-order valence-electron chi connectivity index (χ4n) is 5.20. The van der Waals surface area contributed by atoms with Crippen LogP contribution in [0, 0.1) is 18.6 Å². The third-order valence-corrected chi connectivity index (χ3v) is 7.16. The number of halogens is 2. The van der Waals surface area contributed by atoms with Crippen LogP contribution >= 0.6 is 0 Å². The molecule has 0 radical (unpaired) electrons. The van der Waals surface area contributed by atoms with Gasteiger partial charge in [0.25, 0.3) is 0 Å². The zero-order valence-electron chi connectivity index (χ0n) is 23.9. The number of amides is 3. The van der Waals surface area contributed by atoms with Crippen molar-refractivity contribution >= 4 is 29.4 Å². The van der Waals surface area contributed by atoms with Crippen molar-refractivity contribution < 1.29 is 37.7 Å². The number of morpholine rings is 1. The Labute approximate surface area is 241 Å². The molecule has 2 fully saturated rings. The van der Waals surface area contributed by atoms with E-state index in [2.05, 4.69) is 4.98 Å². The van der Waals surface area contributed by atoms with Crippen molar-refractivity contribution in [1.82, 2.24) is 19.2 Å². The second kappa shape index (κ2) is 11.2. The number of anilines is 1. The molecule has 1 atom stereocenters. The van der Waals surface area contributed by atoms with E-state index in [1.165, 1.54) is 14.7 Å². The molecule has 1 N–H and O–H groups in total. The second-order valence-corrected chi connectivity index (χ2v) is 11.5. The molecule has 3 aromatic rings. The number of rotatable bonds is 4. The number of carboxylic acid groups (broad SMARTS) is 1. The molecule has 4 heterocycles. The quantitative estimate of drug-likeness (QED) is 0.490. The Bertz CT molecular complexity index is 1530. The number of aryl methyl sites for hydroxylation is 1. The standard InChI is InChI=1S/C29H33F2N5O6/c1-17-5-6-36-22(14-19-15-33(27(38)39)9-10-41-19)26(32-23(36)11-17)25-20(30)12-18(13-21(25)31)35-8-7-34(16-24(35)37)28(40)42-29(2,3)4/h5-6,11-13,19H,7-10,14-16H2,1-4H3,(H,38,39)/t19-/m0/s1. The van der Waals surface area contributed by atoms with Crippen molar-refractivity contribution in [3.63, 3.8) is 0 Å². The number of fused-ring (bicyclic) bond motifs is 1. The van der Waals surface area contributed by atoms with Crippen LogP contribution in [0.2, 0.25) is 0 Å². The minimum atomic E-state index is -1.06. The lowest BCUT2D eigenvalue weighted by molar-refractivity contribution is -0.121. The lowest BCUT2D eigenvalue weighted by atomic mass is 10.0. The van der Waals surface area contributed by atoms with E-state index in [4.69, 9.17) is 9.47 Å². The van der Waals surface area contributed by atoms with Crippen LogP contribution in [0.5, 0.6) is 0 Å². The number of ether oxygens (including phenoxy) is 2. The fraction of sp³-hybridized carbons (Fsp3) is 0.448. The lowest BCUT2D eigenvalue weighted by Crippen LogP contribution is -2.53. The molecule has 2 aromatic heterocycles. The van der Waals surface area contributed by atoms with Gasteiger partial charge in [-0.25, -0.2) is 23.4 Å². The van der Waals surface area contributed by atoms with Crippen LogP contribution in [0.15, 0.2) is 30.5 Å². The number of benzene rings is 1. The highest BCUT2D eigenvalue weighted by atomic mass is 19.1. The van der Waals surface area contributed by atoms with Gasteiger partial charge in [0.15, 0.2) is 0 Å². The minimum absolute atomic E-state index is 0.0245. The molecule has 0 unspecified atom stereocenters. The Kier molecular flexibility index (Phi) is 7.80. The summed E-state index contributed by atoms with van der Waals surface area (Å²) in [7, 11) is 0. The number of imidazole rings is 1. The number of aromatic nitrogens is 2. The summed E-state index contributed by atoms with van der Waals surface area (Å²) in [6.07, 6.45) is -0.326. The summed E-state index contributed by atoms with van der Waals surface area (Å²) in [4.78, 5) is 45.1. The number of carbonyl (C=O) groups is 3. The Morgan fingerprint density at radius 1 is 1.12 bits per heavy atom. The molecule has 2 saturated heterocycles. The Morgan fingerprint density at radius 3 is 2.48 bits per heavy atom. The van der Waals surface area contributed by atoms with Crippen LogP contribution in [0.4, 0.5) is 24.1 Å². The van der Waals surface area contributed by atoms with Gasteiger partial charge in [0.2, 0.25) is 5.91 Å². The summed E-state index contributed by atoms with van der Waals surface area (Å²) in [6, 6.07) is 5.79. The number of pyridine rings is 1. The van der Waals surface area contributed by atoms with Gasteiger partial charge in [-0.1, -0.05) is 0 Å². The Morgan fingerprint density at radius 2 is 1.83 bits per heavy atom. The molecule has 0 saturated carbocycles. The maximum Gasteiger partial charge on any atom is 0.410 e. The van der Waals surface area contributed by atoms with Crippen molar-refractivity contribution in [3.05, 3.63) is 53.4 Å². The molecule has 2 aliphatic heterocycles. The molecule has 0 aliphatic carbocycles. The maximum absolute atomic E-state index is 15.8. The van der Waals surface area contributed by atoms with Crippen molar-refractivity contribution in [2.75, 3.05) is 44.2 Å². The van der Waals surface area contributed by atoms with Crippen LogP contribution in [0.25, 0.3) is 16.9 Å². The minimum Gasteiger partial charge on any atom is -0.465 e. The number of hydrogen-bond donors (Lipinski definition) is 1. The smallest absolute Gasteiger partial charge is 0.410 e. The van der Waals surface area contributed by atoms with Gasteiger partial charge < -0.3 is 28.8 Å². The topological polar surface area (TPSA) is 117 Å². The summed E-state index contributed by atoms with van der Waals surface area (Å²) < 4.78 is 44.4. The van der Waals surface area contributed by atoms with Gasteiger partial charge in [-0.15, -0.1) is 0 Å². The highest BCUT2D eigenvalue weighted by Gasteiger charge is 2.33. The van der Waals surface area contributed by atoms with Gasteiger partial charge in [0.05, 0.1) is 36.2 Å². The largest absolute Gasteiger partial charge is 0.465 e. The zero-order chi connectivity index (χ0) is 30.3. The summed E-state index contributed by atoms with van der Waals surface area (Å²) in [5.41, 5.74) is 0.846. The van der Waals surface area contributed by atoms with E-state index >= 15 is 8.78 Å². The Balaban J connectivity index is 1.45. The molecule has 2 aliphatic rings. The predicted molar refractivity (Wildman–Crippen MR) is 148 cm³/mol. The fourth-order valence-corrected chi connectivity index (χ4v) is 5.20. The average molecular weight is 586 g/mol. The molecular formula is C29H33F2N5O6. The number of piperazine rings is 1. The first-order chi connectivity index (χ1) is 19.8. The summed E-state index contributed by atoms with van der Waals surface area (Å²) in [5, 5.41) is 9.43. The van der Waals surface area contributed by atoms with Gasteiger partial charge >= 0.3 is 12.2 Å². The molecule has 42 heavy (non-hydrogen) atoms. The van der Waals surface area contributed by atoms with Gasteiger partial charge in [-0.05, 0) is 57.5 Å². The summed E-state index contributed by atoms with van der Waals surface area (Å²) >= 11 is 0. The normalized spacial score (nSPS) is 18.1. The third-order valence-electron chi connectivity index (χ3n) is 7.16. The number of hydrogen-bond acceptors (Lipinski definition) is 6. The molecule has 1 aromatic carbocycles. The van der Waals surface area contributed by atoms with Gasteiger partial charge in [-0.3, -0.25) is 9.69 Å². The van der Waals surface area contributed by atoms with E-state index in [9.17, 15) is 19.5 Å². The SMILES string of the molecule is Cc1ccn2c(C[C@H]3CN(C(=O)O)CCO3)c(-c3c(F)cc(N4CCN(C(=O)OC(C)(C)C)CC4=O)cc3F)nc2c1. The second-order valence-electron chi connectivity index (χ2n) is 11.5. The molecule has 224 valence electrons.